The second-order valence-electron chi connectivity index (χ2n) is 10.9. The topological polar surface area (TPSA) is 275 Å². The molecule has 0 saturated carbocycles. The van der Waals surface area contributed by atoms with Gasteiger partial charge < -0.3 is 24.8 Å². The average Bonchev–Trinajstić information content (AvgIpc) is 3.54. The van der Waals surface area contributed by atoms with Gasteiger partial charge in [-0.1, -0.05) is 46.9 Å². The molecule has 0 radical (unpaired) electrons. The number of sulfonamides is 1. The lowest BCUT2D eigenvalue weighted by molar-refractivity contribution is 0.0683. The molecule has 0 saturated heterocycles. The molecule has 56 heavy (non-hydrogen) atoms. The molecular weight excluding hydrogens is 823 g/mol. The molecule has 0 aliphatic carbocycles. The number of urea groups is 1. The molecule has 4 heterocycles. The smallest absolute Gasteiger partial charge is 0.340 e. The van der Waals surface area contributed by atoms with E-state index in [1.807, 2.05) is 13.0 Å². The van der Waals surface area contributed by atoms with E-state index in [0.717, 1.165) is 21.8 Å². The number of hydrogen-bond donors (Lipinski definition) is 5. The zero-order valence-corrected chi connectivity index (χ0v) is 32.2. The summed E-state index contributed by atoms with van der Waals surface area (Å²) >= 11 is 17.3. The highest BCUT2D eigenvalue weighted by atomic mass is 35.5. The van der Waals surface area contributed by atoms with Gasteiger partial charge in [0.15, 0.2) is 5.03 Å². The number of hydrogen-bond acceptors (Lipinski definition) is 13. The quantitative estimate of drug-likeness (QED) is 0.125. The number of carboxylic acid groups (broad SMARTS) is 3. The third kappa shape index (κ3) is 10.0. The fourth-order valence-electron chi connectivity index (χ4n) is 4.70. The third-order valence-electron chi connectivity index (χ3n) is 7.05. The molecule has 292 valence electrons. The zero-order valence-electron chi connectivity index (χ0n) is 29.1. The summed E-state index contributed by atoms with van der Waals surface area (Å²) in [5.41, 5.74) is 1.24. The summed E-state index contributed by atoms with van der Waals surface area (Å²) in [4.78, 5) is 60.7. The van der Waals surface area contributed by atoms with Gasteiger partial charge in [-0.05, 0) is 36.8 Å². The number of pyridine rings is 2. The van der Waals surface area contributed by atoms with Gasteiger partial charge >= 0.3 is 23.9 Å². The number of amides is 2. The number of nitrogens with one attached hydrogen (secondary N) is 2. The highest BCUT2D eigenvalue weighted by Gasteiger charge is 2.29. The number of halogens is 3. The SMILES string of the molecule is COc1cc(OC)nc(NC(=O)NS(=O)(=O)c2c(C(=O)O)cnn2C)n1.Cc1cnc2c(C(=O)O)c(Cl)ccc2c1.O=C(O)c1c(Cl)ccc2cc(Cl)cnc12. The van der Waals surface area contributed by atoms with Crippen molar-refractivity contribution in [2.45, 2.75) is 11.9 Å². The van der Waals surface area contributed by atoms with E-state index in [9.17, 15) is 27.6 Å². The lowest BCUT2D eigenvalue weighted by Gasteiger charge is -2.10. The van der Waals surface area contributed by atoms with E-state index >= 15 is 0 Å². The minimum atomic E-state index is -4.53. The van der Waals surface area contributed by atoms with E-state index in [-0.39, 0.29) is 38.9 Å². The molecule has 6 rings (SSSR count). The van der Waals surface area contributed by atoms with Crippen LogP contribution in [0.1, 0.15) is 36.6 Å². The summed E-state index contributed by atoms with van der Waals surface area (Å²) in [6, 6.07) is 10.2. The number of carbonyl (C=O) groups is 4. The van der Waals surface area contributed by atoms with E-state index in [1.165, 1.54) is 39.6 Å². The number of aromatic carboxylic acids is 3. The van der Waals surface area contributed by atoms with Gasteiger partial charge in [0.1, 0.15) is 16.7 Å². The van der Waals surface area contributed by atoms with Crippen molar-refractivity contribution in [1.29, 1.82) is 0 Å². The highest BCUT2D eigenvalue weighted by Crippen LogP contribution is 2.27. The Morgan fingerprint density at radius 3 is 1.77 bits per heavy atom. The van der Waals surface area contributed by atoms with Crippen molar-refractivity contribution in [2.75, 3.05) is 19.5 Å². The van der Waals surface area contributed by atoms with E-state index in [0.29, 0.717) is 21.4 Å². The molecule has 0 bridgehead atoms. The van der Waals surface area contributed by atoms with Crippen LogP contribution in [0.4, 0.5) is 10.7 Å². The molecule has 4 aromatic heterocycles. The Bertz CT molecular complexity index is 2500. The first-order chi connectivity index (χ1) is 26.4. The Labute approximate surface area is 330 Å². The van der Waals surface area contributed by atoms with Crippen molar-refractivity contribution < 1.29 is 52.4 Å². The van der Waals surface area contributed by atoms with Gasteiger partial charge in [0.2, 0.25) is 17.7 Å². The lowest BCUT2D eigenvalue weighted by Crippen LogP contribution is -2.36. The van der Waals surface area contributed by atoms with Crippen LogP contribution in [0.3, 0.4) is 0 Å². The van der Waals surface area contributed by atoms with Crippen molar-refractivity contribution in [2.24, 2.45) is 7.05 Å². The minimum absolute atomic E-state index is 0.00540. The molecule has 0 spiro atoms. The number of methoxy groups -OCH3 is 2. The number of aryl methyl sites for hydroxylation is 2. The Morgan fingerprint density at radius 2 is 1.27 bits per heavy atom. The Morgan fingerprint density at radius 1 is 0.750 bits per heavy atom. The number of aromatic nitrogens is 6. The molecule has 0 unspecified atom stereocenters. The van der Waals surface area contributed by atoms with Crippen LogP contribution in [-0.2, 0) is 17.1 Å². The van der Waals surface area contributed by atoms with Crippen LogP contribution < -0.4 is 19.5 Å². The molecule has 5 N–H and O–H groups in total. The summed E-state index contributed by atoms with van der Waals surface area (Å²) in [5.74, 6) is -3.83. The molecule has 0 aliphatic heterocycles. The van der Waals surface area contributed by atoms with Gasteiger partial charge in [-0.3, -0.25) is 20.0 Å². The molecular formula is C33H27Cl3N8O11S. The standard InChI is InChI=1S/C12H14N6O7S.C11H8ClNO2.C10H5Cl2NO2/c1-18-9(6(5-13-18)10(19)20)26(22,23)17-12(21)16-11-14-7(24-2)4-8(15-11)25-3;1-6-4-7-2-3-8(12)9(11(14)15)10(7)13-5-6;11-6-3-5-1-2-7(12)8(10(14)15)9(5)13-4-6/h4-5H,1-3H3,(H,19,20)(H2,14,15,16,17,21);2-5H,1H3,(H,14,15);1-4H,(H,14,15). The maximum Gasteiger partial charge on any atom is 0.340 e. The van der Waals surface area contributed by atoms with Crippen molar-refractivity contribution in [3.63, 3.8) is 0 Å². The van der Waals surface area contributed by atoms with Crippen LogP contribution in [0.2, 0.25) is 15.1 Å². The molecule has 6 aromatic rings. The number of ether oxygens (including phenoxy) is 2. The summed E-state index contributed by atoms with van der Waals surface area (Å²) in [6.07, 6.45) is 3.88. The van der Waals surface area contributed by atoms with Gasteiger partial charge in [0.25, 0.3) is 10.0 Å². The number of nitrogens with zero attached hydrogens (tertiary/aromatic N) is 6. The molecule has 23 heteroatoms. The molecule has 0 atom stereocenters. The van der Waals surface area contributed by atoms with Crippen LogP contribution in [0, 0.1) is 6.92 Å². The maximum absolute atomic E-state index is 12.3. The van der Waals surface area contributed by atoms with Crippen LogP contribution in [0.5, 0.6) is 11.8 Å². The second kappa shape index (κ2) is 17.9. The largest absolute Gasteiger partial charge is 0.481 e. The lowest BCUT2D eigenvalue weighted by atomic mass is 10.1. The molecule has 19 nitrogen and oxygen atoms in total. The number of carbonyl (C=O) groups excluding carboxylic acids is 1. The number of carboxylic acids is 3. The summed E-state index contributed by atoms with van der Waals surface area (Å²) in [7, 11) is -0.667. The van der Waals surface area contributed by atoms with Gasteiger partial charge in [0, 0.05) is 30.2 Å². The normalized spacial score (nSPS) is 10.7. The van der Waals surface area contributed by atoms with Crippen molar-refractivity contribution in [1.82, 2.24) is 34.4 Å². The van der Waals surface area contributed by atoms with Crippen LogP contribution in [0.15, 0.2) is 66.1 Å². The number of rotatable bonds is 8. The summed E-state index contributed by atoms with van der Waals surface area (Å²) in [6.45, 7) is 1.90. The van der Waals surface area contributed by atoms with Gasteiger partial charge in [-0.2, -0.15) is 23.5 Å². The van der Waals surface area contributed by atoms with Gasteiger partial charge in [-0.15, -0.1) is 0 Å². The first-order valence-electron chi connectivity index (χ1n) is 15.2. The van der Waals surface area contributed by atoms with E-state index < -0.39 is 44.6 Å². The van der Waals surface area contributed by atoms with Gasteiger partial charge in [-0.25, -0.2) is 23.9 Å². The highest BCUT2D eigenvalue weighted by molar-refractivity contribution is 7.90. The van der Waals surface area contributed by atoms with Crippen LogP contribution >= 0.6 is 34.8 Å². The molecule has 2 amide bonds. The van der Waals surface area contributed by atoms with E-state index in [4.69, 9.17) is 59.6 Å². The number of benzene rings is 2. The molecule has 0 aliphatic rings. The third-order valence-corrected chi connectivity index (χ3v) is 9.34. The fraction of sp³-hybridized carbons (Fsp3) is 0.121. The molecule has 0 fully saturated rings. The Kier molecular flexibility index (Phi) is 13.5. The number of fused-ring (bicyclic) bond motifs is 2. The first kappa shape index (κ1) is 42.4. The number of anilines is 1. The monoisotopic (exact) mass is 848 g/mol. The van der Waals surface area contributed by atoms with Crippen molar-refractivity contribution in [3.8, 4) is 11.8 Å². The maximum atomic E-state index is 12.3. The first-order valence-corrected chi connectivity index (χ1v) is 17.8. The predicted molar refractivity (Wildman–Crippen MR) is 202 cm³/mol. The predicted octanol–water partition coefficient (Wildman–Crippen LogP) is 5.57. The average molecular weight is 850 g/mol. The zero-order chi connectivity index (χ0) is 41.5. The minimum Gasteiger partial charge on any atom is -0.481 e. The molecule has 2 aromatic carbocycles. The summed E-state index contributed by atoms with van der Waals surface area (Å²) < 4.78 is 36.9. The second-order valence-corrected chi connectivity index (χ2v) is 13.7. The summed E-state index contributed by atoms with van der Waals surface area (Å²) in [5, 5.41) is 34.3. The van der Waals surface area contributed by atoms with Crippen LogP contribution in [0.25, 0.3) is 21.8 Å². The Hall–Kier alpha value is -6.35. The van der Waals surface area contributed by atoms with Gasteiger partial charge in [0.05, 0.1) is 52.6 Å². The van der Waals surface area contributed by atoms with E-state index in [1.54, 1.807) is 35.2 Å². The van der Waals surface area contributed by atoms with Crippen LogP contribution in [-0.4, -0.2) is 91.6 Å². The van der Waals surface area contributed by atoms with Crippen molar-refractivity contribution >= 4 is 96.5 Å². The van der Waals surface area contributed by atoms with Crippen molar-refractivity contribution in [3.05, 3.63) is 98.4 Å². The fourth-order valence-corrected chi connectivity index (χ4v) is 6.55. The van der Waals surface area contributed by atoms with E-state index in [2.05, 4.69) is 30.4 Å². The Balaban J connectivity index is 0.000000198.